The van der Waals surface area contributed by atoms with E-state index in [0.717, 1.165) is 25.7 Å². The third-order valence-corrected chi connectivity index (χ3v) is 4.73. The summed E-state index contributed by atoms with van der Waals surface area (Å²) < 4.78 is 0. The molecule has 3 rings (SSSR count). The van der Waals surface area contributed by atoms with Crippen molar-refractivity contribution in [3.8, 4) is 0 Å². The smallest absolute Gasteiger partial charge is 0.230 e. The van der Waals surface area contributed by atoms with E-state index in [9.17, 15) is 4.79 Å². The number of rotatable bonds is 3. The monoisotopic (exact) mass is 257 g/mol. The Kier molecular flexibility index (Phi) is 3.34. The average Bonchev–Trinajstić information content (AvgIpc) is 3.22. The minimum atomic E-state index is -0.203. The maximum absolute atomic E-state index is 12.6. The third kappa shape index (κ3) is 2.54. The largest absolute Gasteiger partial charge is 0.353 e. The highest BCUT2D eigenvalue weighted by molar-refractivity contribution is 5.91. The lowest BCUT2D eigenvalue weighted by molar-refractivity contribution is -0.124. The normalized spacial score (nSPS) is 21.9. The minimum Gasteiger partial charge on any atom is -0.353 e. The molecule has 1 N–H and O–H groups in total. The number of hydrogen-bond acceptors (Lipinski definition) is 1. The lowest BCUT2D eigenvalue weighted by Gasteiger charge is -2.25. The standard InChI is InChI=1S/C17H23NO/c1-13-7-9-14(10-8-13)17(11-12-17)16(19)18-15-5-3-2-4-6-15/h7-10,15H,2-6,11-12H2,1H3,(H,18,19). The quantitative estimate of drug-likeness (QED) is 0.882. The fraction of sp³-hybridized carbons (Fsp3) is 0.588. The molecule has 0 aliphatic heterocycles. The molecule has 2 aliphatic carbocycles. The van der Waals surface area contributed by atoms with E-state index in [1.165, 1.54) is 30.4 Å². The van der Waals surface area contributed by atoms with Gasteiger partial charge in [-0.05, 0) is 38.2 Å². The molecule has 0 heterocycles. The van der Waals surface area contributed by atoms with Crippen LogP contribution in [0.4, 0.5) is 0 Å². The number of aryl methyl sites for hydroxylation is 1. The molecule has 102 valence electrons. The van der Waals surface area contributed by atoms with Crippen molar-refractivity contribution in [1.29, 1.82) is 0 Å². The van der Waals surface area contributed by atoms with Crippen LogP contribution in [0.2, 0.25) is 0 Å². The van der Waals surface area contributed by atoms with E-state index in [-0.39, 0.29) is 11.3 Å². The SMILES string of the molecule is Cc1ccc(C2(C(=O)NC3CCCCC3)CC2)cc1. The molecule has 1 amide bonds. The van der Waals surface area contributed by atoms with Crippen LogP contribution in [-0.2, 0) is 10.2 Å². The number of carbonyl (C=O) groups is 1. The molecule has 19 heavy (non-hydrogen) atoms. The van der Waals surface area contributed by atoms with Crippen molar-refractivity contribution in [2.45, 2.75) is 63.3 Å². The fourth-order valence-electron chi connectivity index (χ4n) is 3.21. The number of amides is 1. The molecular weight excluding hydrogens is 234 g/mol. The summed E-state index contributed by atoms with van der Waals surface area (Å²) in [7, 11) is 0. The minimum absolute atomic E-state index is 0.203. The predicted molar refractivity (Wildman–Crippen MR) is 77.1 cm³/mol. The zero-order chi connectivity index (χ0) is 13.3. The van der Waals surface area contributed by atoms with Crippen LogP contribution >= 0.6 is 0 Å². The van der Waals surface area contributed by atoms with Crippen LogP contribution in [0.1, 0.15) is 56.1 Å². The zero-order valence-corrected chi connectivity index (χ0v) is 11.7. The van der Waals surface area contributed by atoms with Gasteiger partial charge in [0.1, 0.15) is 0 Å². The maximum atomic E-state index is 12.6. The molecule has 0 atom stereocenters. The Balaban J connectivity index is 1.70. The van der Waals surface area contributed by atoms with Gasteiger partial charge < -0.3 is 5.32 Å². The second kappa shape index (κ2) is 4.99. The van der Waals surface area contributed by atoms with Gasteiger partial charge in [0.25, 0.3) is 0 Å². The van der Waals surface area contributed by atoms with Gasteiger partial charge in [-0.1, -0.05) is 49.1 Å². The Morgan fingerprint density at radius 1 is 1.11 bits per heavy atom. The molecule has 0 saturated heterocycles. The van der Waals surface area contributed by atoms with Gasteiger partial charge in [0.05, 0.1) is 5.41 Å². The molecule has 1 aromatic carbocycles. The van der Waals surface area contributed by atoms with Crippen molar-refractivity contribution >= 4 is 5.91 Å². The van der Waals surface area contributed by atoms with Gasteiger partial charge in [0.15, 0.2) is 0 Å². The first-order chi connectivity index (χ1) is 9.21. The van der Waals surface area contributed by atoms with Crippen LogP contribution in [0.3, 0.4) is 0 Å². The van der Waals surface area contributed by atoms with Crippen molar-refractivity contribution < 1.29 is 4.79 Å². The highest BCUT2D eigenvalue weighted by Crippen LogP contribution is 2.48. The van der Waals surface area contributed by atoms with Gasteiger partial charge in [0.2, 0.25) is 5.91 Å². The molecule has 0 aromatic heterocycles. The first kappa shape index (κ1) is 12.7. The second-order valence-electron chi connectivity index (χ2n) is 6.26. The summed E-state index contributed by atoms with van der Waals surface area (Å²) in [5.74, 6) is 0.267. The van der Waals surface area contributed by atoms with Gasteiger partial charge in [0, 0.05) is 6.04 Å². The molecule has 0 radical (unpaired) electrons. The summed E-state index contributed by atoms with van der Waals surface area (Å²) in [4.78, 5) is 12.6. The molecule has 2 nitrogen and oxygen atoms in total. The van der Waals surface area contributed by atoms with Crippen LogP contribution in [0, 0.1) is 6.92 Å². The fourth-order valence-corrected chi connectivity index (χ4v) is 3.21. The molecule has 0 unspecified atom stereocenters. The van der Waals surface area contributed by atoms with Crippen molar-refractivity contribution in [3.05, 3.63) is 35.4 Å². The molecule has 2 fully saturated rings. The molecule has 0 spiro atoms. The molecule has 2 heteroatoms. The van der Waals surface area contributed by atoms with Crippen LogP contribution in [0.15, 0.2) is 24.3 Å². The zero-order valence-electron chi connectivity index (χ0n) is 11.7. The van der Waals surface area contributed by atoms with E-state index in [4.69, 9.17) is 0 Å². The third-order valence-electron chi connectivity index (χ3n) is 4.73. The Bertz CT molecular complexity index is 453. The summed E-state index contributed by atoms with van der Waals surface area (Å²) in [6.07, 6.45) is 8.20. The Labute approximate surface area is 115 Å². The van der Waals surface area contributed by atoms with Gasteiger partial charge in [-0.3, -0.25) is 4.79 Å². The van der Waals surface area contributed by atoms with E-state index < -0.39 is 0 Å². The molecule has 2 aliphatic rings. The highest BCUT2D eigenvalue weighted by Gasteiger charge is 2.51. The molecule has 1 aromatic rings. The number of nitrogens with one attached hydrogen (secondary N) is 1. The molecular formula is C17H23NO. The van der Waals surface area contributed by atoms with Gasteiger partial charge in [-0.2, -0.15) is 0 Å². The Morgan fingerprint density at radius 2 is 1.74 bits per heavy atom. The Morgan fingerprint density at radius 3 is 2.32 bits per heavy atom. The van der Waals surface area contributed by atoms with E-state index in [0.29, 0.717) is 6.04 Å². The first-order valence-electron chi connectivity index (χ1n) is 7.59. The molecule has 2 saturated carbocycles. The van der Waals surface area contributed by atoms with E-state index in [1.54, 1.807) is 0 Å². The summed E-state index contributed by atoms with van der Waals surface area (Å²) in [5, 5.41) is 3.30. The van der Waals surface area contributed by atoms with E-state index >= 15 is 0 Å². The maximum Gasteiger partial charge on any atom is 0.230 e. The topological polar surface area (TPSA) is 29.1 Å². The molecule has 0 bridgehead atoms. The van der Waals surface area contributed by atoms with E-state index in [1.807, 2.05) is 0 Å². The summed E-state index contributed by atoms with van der Waals surface area (Å²) in [5.41, 5.74) is 2.25. The number of carbonyl (C=O) groups excluding carboxylic acids is 1. The van der Waals surface area contributed by atoms with E-state index in [2.05, 4.69) is 36.5 Å². The van der Waals surface area contributed by atoms with Crippen LogP contribution in [0.25, 0.3) is 0 Å². The number of benzene rings is 1. The summed E-state index contributed by atoms with van der Waals surface area (Å²) in [6.45, 7) is 2.09. The van der Waals surface area contributed by atoms with Gasteiger partial charge in [-0.25, -0.2) is 0 Å². The van der Waals surface area contributed by atoms with Gasteiger partial charge in [-0.15, -0.1) is 0 Å². The van der Waals surface area contributed by atoms with Crippen LogP contribution in [-0.4, -0.2) is 11.9 Å². The Hall–Kier alpha value is -1.31. The number of hydrogen-bond donors (Lipinski definition) is 1. The lowest BCUT2D eigenvalue weighted by atomic mass is 9.91. The lowest BCUT2D eigenvalue weighted by Crippen LogP contribution is -2.42. The van der Waals surface area contributed by atoms with Crippen molar-refractivity contribution in [1.82, 2.24) is 5.32 Å². The second-order valence-corrected chi connectivity index (χ2v) is 6.26. The van der Waals surface area contributed by atoms with Crippen molar-refractivity contribution in [2.24, 2.45) is 0 Å². The average molecular weight is 257 g/mol. The van der Waals surface area contributed by atoms with Crippen LogP contribution < -0.4 is 5.32 Å². The van der Waals surface area contributed by atoms with Gasteiger partial charge >= 0.3 is 0 Å². The first-order valence-corrected chi connectivity index (χ1v) is 7.59. The van der Waals surface area contributed by atoms with Crippen LogP contribution in [0.5, 0.6) is 0 Å². The van der Waals surface area contributed by atoms with Crippen molar-refractivity contribution in [3.63, 3.8) is 0 Å². The summed E-state index contributed by atoms with van der Waals surface area (Å²) in [6, 6.07) is 8.90. The van der Waals surface area contributed by atoms with Crippen molar-refractivity contribution in [2.75, 3.05) is 0 Å². The highest BCUT2D eigenvalue weighted by atomic mass is 16.2. The predicted octanol–water partition coefficient (Wildman–Crippen LogP) is 3.48. The summed E-state index contributed by atoms with van der Waals surface area (Å²) >= 11 is 0.